The van der Waals surface area contributed by atoms with Crippen LogP contribution >= 0.6 is 0 Å². The molecule has 1 aromatic carbocycles. The summed E-state index contributed by atoms with van der Waals surface area (Å²) < 4.78 is 51.7. The lowest BCUT2D eigenvalue weighted by Crippen LogP contribution is -2.31. The number of pyridine rings is 1. The van der Waals surface area contributed by atoms with Crippen LogP contribution in [0.4, 0.5) is 4.39 Å². The molecule has 0 unspecified atom stereocenters. The van der Waals surface area contributed by atoms with Gasteiger partial charge in [0, 0.05) is 35.1 Å². The SMILES string of the molecule is Cc1noc(C)c1-c1cnc2c(-c3cccc(S(=O)(=O)NC4CC4)c3)cn(CC3(F)CCCCC3)c2c1. The van der Waals surface area contributed by atoms with Gasteiger partial charge < -0.3 is 9.09 Å². The Kier molecular flexibility index (Phi) is 5.95. The highest BCUT2D eigenvalue weighted by Gasteiger charge is 2.33. The quantitative estimate of drug-likeness (QED) is 0.317. The van der Waals surface area contributed by atoms with Crippen molar-refractivity contribution in [3.05, 3.63) is 54.2 Å². The summed E-state index contributed by atoms with van der Waals surface area (Å²) >= 11 is 0. The van der Waals surface area contributed by atoms with Crippen molar-refractivity contribution in [2.45, 2.75) is 81.9 Å². The van der Waals surface area contributed by atoms with Crippen molar-refractivity contribution in [2.24, 2.45) is 0 Å². The average molecular weight is 523 g/mol. The van der Waals surface area contributed by atoms with Crippen molar-refractivity contribution in [3.63, 3.8) is 0 Å². The maximum absolute atomic E-state index is 15.9. The fourth-order valence-electron chi connectivity index (χ4n) is 5.51. The van der Waals surface area contributed by atoms with Crippen molar-refractivity contribution in [3.8, 4) is 22.3 Å². The van der Waals surface area contributed by atoms with Crippen LogP contribution in [0.25, 0.3) is 33.3 Å². The van der Waals surface area contributed by atoms with Gasteiger partial charge in [0.1, 0.15) is 11.4 Å². The number of aryl methyl sites for hydroxylation is 2. The van der Waals surface area contributed by atoms with E-state index < -0.39 is 15.7 Å². The topological polar surface area (TPSA) is 90.0 Å². The number of hydrogen-bond donors (Lipinski definition) is 1. The highest BCUT2D eigenvalue weighted by Crippen LogP contribution is 2.38. The van der Waals surface area contributed by atoms with Gasteiger partial charge in [0.25, 0.3) is 0 Å². The second-order valence-electron chi connectivity index (χ2n) is 10.6. The normalized spacial score (nSPS) is 17.9. The number of halogens is 1. The summed E-state index contributed by atoms with van der Waals surface area (Å²) in [5.74, 6) is 0.701. The first kappa shape index (κ1) is 24.3. The van der Waals surface area contributed by atoms with Crippen LogP contribution in [0.5, 0.6) is 0 Å². The average Bonchev–Trinajstić information content (AvgIpc) is 3.52. The summed E-state index contributed by atoms with van der Waals surface area (Å²) in [5, 5.41) is 4.08. The Morgan fingerprint density at radius 2 is 1.92 bits per heavy atom. The van der Waals surface area contributed by atoms with E-state index >= 15 is 4.39 Å². The van der Waals surface area contributed by atoms with Gasteiger partial charge in [-0.3, -0.25) is 4.98 Å². The van der Waals surface area contributed by atoms with Crippen molar-refractivity contribution in [2.75, 3.05) is 0 Å². The summed E-state index contributed by atoms with van der Waals surface area (Å²) in [4.78, 5) is 5.03. The van der Waals surface area contributed by atoms with Crippen molar-refractivity contribution >= 4 is 21.1 Å². The Bertz CT molecular complexity index is 1560. The molecule has 6 rings (SSSR count). The van der Waals surface area contributed by atoms with E-state index in [1.807, 2.05) is 36.7 Å². The Balaban J connectivity index is 1.48. The smallest absolute Gasteiger partial charge is 0.240 e. The van der Waals surface area contributed by atoms with Gasteiger partial charge in [0.05, 0.1) is 28.2 Å². The van der Waals surface area contributed by atoms with Crippen LogP contribution in [0.1, 0.15) is 56.4 Å². The van der Waals surface area contributed by atoms with Crippen LogP contribution in [0.2, 0.25) is 0 Å². The van der Waals surface area contributed by atoms with E-state index in [2.05, 4.69) is 9.88 Å². The van der Waals surface area contributed by atoms with E-state index in [1.54, 1.807) is 24.4 Å². The first-order valence-electron chi connectivity index (χ1n) is 13.0. The third-order valence-electron chi connectivity index (χ3n) is 7.60. The van der Waals surface area contributed by atoms with Crippen LogP contribution in [0.15, 0.2) is 52.1 Å². The molecule has 3 heterocycles. The summed E-state index contributed by atoms with van der Waals surface area (Å²) in [5.41, 5.74) is 4.26. The molecule has 0 aliphatic heterocycles. The lowest BCUT2D eigenvalue weighted by Gasteiger charge is -2.30. The zero-order valence-electron chi connectivity index (χ0n) is 21.1. The third kappa shape index (κ3) is 4.70. The molecule has 0 radical (unpaired) electrons. The van der Waals surface area contributed by atoms with Crippen molar-refractivity contribution in [1.82, 2.24) is 19.4 Å². The molecule has 2 aliphatic carbocycles. The Morgan fingerprint density at radius 1 is 1.14 bits per heavy atom. The largest absolute Gasteiger partial charge is 0.361 e. The molecule has 0 spiro atoms. The van der Waals surface area contributed by atoms with Gasteiger partial charge in [-0.2, -0.15) is 0 Å². The number of benzene rings is 1. The molecule has 0 atom stereocenters. The molecule has 37 heavy (non-hydrogen) atoms. The maximum atomic E-state index is 15.9. The fourth-order valence-corrected chi connectivity index (χ4v) is 6.86. The number of rotatable bonds is 7. The summed E-state index contributed by atoms with van der Waals surface area (Å²) in [7, 11) is -3.61. The molecular weight excluding hydrogens is 491 g/mol. The molecule has 3 aromatic heterocycles. The summed E-state index contributed by atoms with van der Waals surface area (Å²) in [6.45, 7) is 3.99. The molecule has 2 saturated carbocycles. The molecule has 0 saturated heterocycles. The van der Waals surface area contributed by atoms with E-state index in [0.717, 1.165) is 65.6 Å². The predicted molar refractivity (Wildman–Crippen MR) is 140 cm³/mol. The minimum atomic E-state index is -3.61. The zero-order valence-corrected chi connectivity index (χ0v) is 21.9. The standard InChI is InChI=1S/C28H31FN4O3S/c1-18-26(19(2)36-31-18)21-14-25-27(30-15-21)24(16-33(25)17-28(29)11-4-3-5-12-28)20-7-6-8-23(13-20)37(34,35)32-22-9-10-22/h6-8,13-16,22,32H,3-5,9-12,17H2,1-2H3. The maximum Gasteiger partial charge on any atom is 0.240 e. The van der Waals surface area contributed by atoms with E-state index in [4.69, 9.17) is 9.51 Å². The highest BCUT2D eigenvalue weighted by atomic mass is 32.2. The molecule has 2 fully saturated rings. The second kappa shape index (κ2) is 9.06. The predicted octanol–water partition coefficient (Wildman–Crippen LogP) is 6.09. The third-order valence-corrected chi connectivity index (χ3v) is 9.12. The minimum absolute atomic E-state index is 0.0243. The molecule has 2 aliphatic rings. The molecule has 0 amide bonds. The molecular formula is C28H31FN4O3S. The monoisotopic (exact) mass is 522 g/mol. The zero-order chi connectivity index (χ0) is 25.8. The van der Waals surface area contributed by atoms with Gasteiger partial charge in [-0.15, -0.1) is 0 Å². The Morgan fingerprint density at radius 3 is 2.62 bits per heavy atom. The van der Waals surface area contributed by atoms with Gasteiger partial charge in [-0.1, -0.05) is 36.6 Å². The number of hydrogen-bond acceptors (Lipinski definition) is 5. The second-order valence-corrected chi connectivity index (χ2v) is 12.3. The molecule has 1 N–H and O–H groups in total. The van der Waals surface area contributed by atoms with Crippen LogP contribution in [0, 0.1) is 13.8 Å². The highest BCUT2D eigenvalue weighted by molar-refractivity contribution is 7.89. The molecule has 0 bridgehead atoms. The van der Waals surface area contributed by atoms with E-state index in [1.165, 1.54) is 0 Å². The lowest BCUT2D eigenvalue weighted by atomic mass is 9.86. The van der Waals surface area contributed by atoms with Gasteiger partial charge in [-0.05, 0) is 63.3 Å². The summed E-state index contributed by atoms with van der Waals surface area (Å²) in [6.07, 6.45) is 9.37. The number of aromatic nitrogens is 3. The first-order chi connectivity index (χ1) is 17.7. The first-order valence-corrected chi connectivity index (χ1v) is 14.4. The van der Waals surface area contributed by atoms with Crippen LogP contribution < -0.4 is 4.72 Å². The molecule has 4 aromatic rings. The number of nitrogens with zero attached hydrogens (tertiary/aromatic N) is 3. The Hall–Kier alpha value is -3.04. The van der Waals surface area contributed by atoms with E-state index in [-0.39, 0.29) is 17.5 Å². The number of fused-ring (bicyclic) bond motifs is 1. The fraction of sp³-hybridized carbons (Fsp3) is 0.429. The van der Waals surface area contributed by atoms with Crippen LogP contribution in [-0.2, 0) is 16.6 Å². The number of nitrogens with one attached hydrogen (secondary N) is 1. The van der Waals surface area contributed by atoms with Crippen molar-refractivity contribution < 1.29 is 17.3 Å². The lowest BCUT2D eigenvalue weighted by molar-refractivity contribution is 0.0873. The molecule has 9 heteroatoms. The van der Waals surface area contributed by atoms with Gasteiger partial charge in [-0.25, -0.2) is 17.5 Å². The Labute approximate surface area is 216 Å². The van der Waals surface area contributed by atoms with E-state index in [9.17, 15) is 8.42 Å². The van der Waals surface area contributed by atoms with Gasteiger partial charge >= 0.3 is 0 Å². The summed E-state index contributed by atoms with van der Waals surface area (Å²) in [6, 6.07) is 8.95. The molecule has 194 valence electrons. The van der Waals surface area contributed by atoms with E-state index in [0.29, 0.717) is 24.1 Å². The van der Waals surface area contributed by atoms with Gasteiger partial charge in [0.2, 0.25) is 10.0 Å². The molecule has 7 nitrogen and oxygen atoms in total. The van der Waals surface area contributed by atoms with Gasteiger partial charge in [0.15, 0.2) is 0 Å². The van der Waals surface area contributed by atoms with Crippen molar-refractivity contribution in [1.29, 1.82) is 0 Å². The van der Waals surface area contributed by atoms with Crippen LogP contribution in [-0.4, -0.2) is 34.8 Å². The number of sulfonamides is 1. The van der Waals surface area contributed by atoms with Crippen LogP contribution in [0.3, 0.4) is 0 Å². The number of alkyl halides is 1. The minimum Gasteiger partial charge on any atom is -0.361 e.